The smallest absolute Gasteiger partial charge is 0.265 e. The lowest BCUT2D eigenvalue weighted by Gasteiger charge is -2.06. The Labute approximate surface area is 98.6 Å². The Morgan fingerprint density at radius 1 is 1.50 bits per heavy atom. The van der Waals surface area contributed by atoms with Gasteiger partial charge in [-0.05, 0) is 41.6 Å². The summed E-state index contributed by atoms with van der Waals surface area (Å²) in [5, 5.41) is -0.0642. The number of ketones is 1. The molecule has 0 unspecified atom stereocenters. The molecule has 0 aliphatic heterocycles. The number of Topliss-reactive ketones (excluding diaryl/α,β-unsaturated/α-hetero) is 1. The van der Waals surface area contributed by atoms with Crippen LogP contribution in [0.1, 0.15) is 29.3 Å². The van der Waals surface area contributed by atoms with Crippen molar-refractivity contribution in [2.24, 2.45) is 0 Å². The van der Waals surface area contributed by atoms with Gasteiger partial charge in [-0.2, -0.15) is 0 Å². The molecule has 1 rings (SSSR count). The highest BCUT2D eigenvalue weighted by Crippen LogP contribution is 2.30. The fraction of sp³-hybridized carbons (Fsp3) is 0.222. The van der Waals surface area contributed by atoms with Crippen LogP contribution in [0.2, 0.25) is 5.02 Å². The maximum absolute atomic E-state index is 12.4. The van der Waals surface area contributed by atoms with Crippen LogP contribution in [0, 0.1) is 3.57 Å². The molecule has 14 heavy (non-hydrogen) atoms. The lowest BCUT2D eigenvalue weighted by atomic mass is 10.1. The van der Waals surface area contributed by atoms with Crippen molar-refractivity contribution in [1.82, 2.24) is 0 Å². The van der Waals surface area contributed by atoms with E-state index in [0.29, 0.717) is 9.13 Å². The number of carbonyl (C=O) groups is 1. The molecule has 0 atom stereocenters. The molecule has 5 heteroatoms. The largest absolute Gasteiger partial charge is 0.294 e. The van der Waals surface area contributed by atoms with Gasteiger partial charge in [0.05, 0.1) is 5.02 Å². The maximum Gasteiger partial charge on any atom is 0.265 e. The summed E-state index contributed by atoms with van der Waals surface area (Å²) in [7, 11) is 0. The number of benzene rings is 1. The van der Waals surface area contributed by atoms with E-state index in [4.69, 9.17) is 11.6 Å². The zero-order valence-electron chi connectivity index (χ0n) is 7.15. The predicted octanol–water partition coefficient (Wildman–Crippen LogP) is 4.08. The van der Waals surface area contributed by atoms with Gasteiger partial charge < -0.3 is 0 Å². The second kappa shape index (κ2) is 4.53. The quantitative estimate of drug-likeness (QED) is 0.590. The lowest BCUT2D eigenvalue weighted by Crippen LogP contribution is -1.98. The van der Waals surface area contributed by atoms with E-state index in [0.717, 1.165) is 0 Å². The van der Waals surface area contributed by atoms with Gasteiger partial charge in [0.1, 0.15) is 0 Å². The van der Waals surface area contributed by atoms with Crippen LogP contribution in [0.4, 0.5) is 8.78 Å². The molecule has 1 aromatic rings. The van der Waals surface area contributed by atoms with E-state index >= 15 is 0 Å². The second-order valence-corrected chi connectivity index (χ2v) is 4.28. The van der Waals surface area contributed by atoms with Crippen molar-refractivity contribution >= 4 is 40.0 Å². The first-order chi connectivity index (χ1) is 6.43. The molecule has 0 aliphatic rings. The molecule has 0 bridgehead atoms. The van der Waals surface area contributed by atoms with Crippen LogP contribution in [0.5, 0.6) is 0 Å². The Balaban J connectivity index is 3.31. The zero-order valence-corrected chi connectivity index (χ0v) is 10.1. The molecule has 1 aromatic carbocycles. The minimum absolute atomic E-state index is 0.0642. The Morgan fingerprint density at radius 3 is 2.50 bits per heavy atom. The first-order valence-electron chi connectivity index (χ1n) is 3.71. The van der Waals surface area contributed by atoms with Crippen LogP contribution in [-0.4, -0.2) is 5.78 Å². The molecule has 0 aromatic heterocycles. The SMILES string of the molecule is CC(=O)c1cc(Cl)c(C(F)F)cc1I. The monoisotopic (exact) mass is 330 g/mol. The number of hydrogen-bond donors (Lipinski definition) is 0. The predicted molar refractivity (Wildman–Crippen MR) is 59.1 cm³/mol. The van der Waals surface area contributed by atoms with E-state index in [1.54, 1.807) is 0 Å². The van der Waals surface area contributed by atoms with Gasteiger partial charge in [0.2, 0.25) is 0 Å². The molecule has 0 saturated heterocycles. The number of hydrogen-bond acceptors (Lipinski definition) is 1. The molecule has 1 nitrogen and oxygen atoms in total. The number of alkyl halides is 2. The highest BCUT2D eigenvalue weighted by Gasteiger charge is 2.16. The summed E-state index contributed by atoms with van der Waals surface area (Å²) < 4.78 is 25.2. The molecular formula is C9H6ClF2IO. The molecular weight excluding hydrogens is 324 g/mol. The number of carbonyl (C=O) groups excluding carboxylic acids is 1. The molecule has 76 valence electrons. The van der Waals surface area contributed by atoms with Crippen LogP contribution in [0.3, 0.4) is 0 Å². The molecule has 0 fully saturated rings. The Bertz CT molecular complexity index is 379. The standard InChI is InChI=1S/C9H6ClF2IO/c1-4(14)5-2-7(10)6(9(11)12)3-8(5)13/h2-3,9H,1H3. The van der Waals surface area contributed by atoms with E-state index in [1.165, 1.54) is 19.1 Å². The highest BCUT2D eigenvalue weighted by atomic mass is 127. The van der Waals surface area contributed by atoms with Crippen molar-refractivity contribution in [2.45, 2.75) is 13.3 Å². The van der Waals surface area contributed by atoms with Crippen molar-refractivity contribution in [3.05, 3.63) is 31.9 Å². The molecule has 0 saturated carbocycles. The minimum atomic E-state index is -2.61. The van der Waals surface area contributed by atoms with E-state index in [1.807, 2.05) is 22.6 Å². The van der Waals surface area contributed by atoms with E-state index in [9.17, 15) is 13.6 Å². The van der Waals surface area contributed by atoms with Crippen LogP contribution >= 0.6 is 34.2 Å². The van der Waals surface area contributed by atoms with Crippen molar-refractivity contribution in [1.29, 1.82) is 0 Å². The first-order valence-corrected chi connectivity index (χ1v) is 5.17. The zero-order chi connectivity index (χ0) is 10.9. The molecule has 0 aliphatic carbocycles. The average molecular weight is 330 g/mol. The third-order valence-electron chi connectivity index (χ3n) is 1.70. The molecule has 0 spiro atoms. The van der Waals surface area contributed by atoms with Crippen molar-refractivity contribution in [2.75, 3.05) is 0 Å². The van der Waals surface area contributed by atoms with Gasteiger partial charge in [-0.1, -0.05) is 11.6 Å². The average Bonchev–Trinajstić information content (AvgIpc) is 2.07. The summed E-state index contributed by atoms with van der Waals surface area (Å²) in [5.41, 5.74) is 0.140. The highest BCUT2D eigenvalue weighted by molar-refractivity contribution is 14.1. The van der Waals surface area contributed by atoms with E-state index in [2.05, 4.69) is 0 Å². The Kier molecular flexibility index (Phi) is 3.83. The van der Waals surface area contributed by atoms with Gasteiger partial charge in [0, 0.05) is 14.7 Å². The van der Waals surface area contributed by atoms with Gasteiger partial charge in [-0.25, -0.2) is 8.78 Å². The van der Waals surface area contributed by atoms with Gasteiger partial charge in [0.25, 0.3) is 6.43 Å². The summed E-state index contributed by atoms with van der Waals surface area (Å²) in [6, 6.07) is 2.53. The Hall–Kier alpha value is -0.230. The third-order valence-corrected chi connectivity index (χ3v) is 2.92. The normalized spacial score (nSPS) is 10.7. The van der Waals surface area contributed by atoms with Gasteiger partial charge in [-0.3, -0.25) is 4.79 Å². The fourth-order valence-corrected chi connectivity index (χ4v) is 2.12. The first kappa shape index (κ1) is 11.8. The van der Waals surface area contributed by atoms with E-state index < -0.39 is 6.43 Å². The van der Waals surface area contributed by atoms with Gasteiger partial charge >= 0.3 is 0 Å². The van der Waals surface area contributed by atoms with E-state index in [-0.39, 0.29) is 16.4 Å². The lowest BCUT2D eigenvalue weighted by molar-refractivity contribution is 0.101. The Morgan fingerprint density at radius 2 is 2.07 bits per heavy atom. The van der Waals surface area contributed by atoms with Crippen molar-refractivity contribution in [3.8, 4) is 0 Å². The van der Waals surface area contributed by atoms with Crippen LogP contribution in [0.15, 0.2) is 12.1 Å². The second-order valence-electron chi connectivity index (χ2n) is 2.71. The molecule has 0 heterocycles. The number of rotatable bonds is 2. The third kappa shape index (κ3) is 2.42. The molecule has 0 amide bonds. The summed E-state index contributed by atoms with van der Waals surface area (Å²) in [6.07, 6.45) is -2.61. The fourth-order valence-electron chi connectivity index (χ4n) is 0.999. The summed E-state index contributed by atoms with van der Waals surface area (Å²) in [6.45, 7) is 1.37. The summed E-state index contributed by atoms with van der Waals surface area (Å²) in [5.74, 6) is -0.183. The molecule has 0 radical (unpaired) electrons. The van der Waals surface area contributed by atoms with Gasteiger partial charge in [0.15, 0.2) is 5.78 Å². The van der Waals surface area contributed by atoms with Crippen molar-refractivity contribution in [3.63, 3.8) is 0 Å². The summed E-state index contributed by atoms with van der Waals surface area (Å²) in [4.78, 5) is 11.0. The minimum Gasteiger partial charge on any atom is -0.294 e. The van der Waals surface area contributed by atoms with Gasteiger partial charge in [-0.15, -0.1) is 0 Å². The molecule has 0 N–H and O–H groups in total. The number of halogens is 4. The van der Waals surface area contributed by atoms with Crippen molar-refractivity contribution < 1.29 is 13.6 Å². The topological polar surface area (TPSA) is 17.1 Å². The maximum atomic E-state index is 12.4. The van der Waals surface area contributed by atoms with Crippen LogP contribution in [0.25, 0.3) is 0 Å². The van der Waals surface area contributed by atoms with Crippen LogP contribution < -0.4 is 0 Å². The van der Waals surface area contributed by atoms with Crippen LogP contribution in [-0.2, 0) is 0 Å². The summed E-state index contributed by atoms with van der Waals surface area (Å²) >= 11 is 7.44.